The molecule has 0 fully saturated rings. The van der Waals surface area contributed by atoms with Gasteiger partial charge >= 0.3 is 0 Å². The molecule has 0 saturated carbocycles. The van der Waals surface area contributed by atoms with E-state index in [1.165, 1.54) is 30.0 Å². The molecule has 0 aliphatic rings. The molecular weight excluding hydrogens is 391 g/mol. The molecule has 10 heteroatoms. The summed E-state index contributed by atoms with van der Waals surface area (Å²) in [5, 5.41) is 13.3. The van der Waals surface area contributed by atoms with E-state index in [9.17, 15) is 4.39 Å². The summed E-state index contributed by atoms with van der Waals surface area (Å²) in [4.78, 5) is 8.50. The van der Waals surface area contributed by atoms with Crippen molar-refractivity contribution >= 4 is 23.4 Å². The lowest BCUT2D eigenvalue weighted by molar-refractivity contribution is 0.422. The fourth-order valence-electron chi connectivity index (χ4n) is 2.37. The largest absolute Gasteiger partial charge is 0.334 e. The fraction of sp³-hybridized carbons (Fsp3) is 0.118. The van der Waals surface area contributed by atoms with Crippen molar-refractivity contribution in [3.8, 4) is 23.0 Å². The Morgan fingerprint density at radius 1 is 1.22 bits per heavy atom. The van der Waals surface area contributed by atoms with E-state index < -0.39 is 5.82 Å². The van der Waals surface area contributed by atoms with Crippen molar-refractivity contribution in [3.63, 3.8) is 0 Å². The zero-order valence-electron chi connectivity index (χ0n) is 14.0. The first-order valence-corrected chi connectivity index (χ1v) is 9.20. The number of benzene rings is 1. The third-order valence-corrected chi connectivity index (χ3v) is 4.94. The lowest BCUT2D eigenvalue weighted by Crippen LogP contribution is -1.96. The molecule has 1 aromatic carbocycles. The van der Waals surface area contributed by atoms with Crippen LogP contribution in [-0.4, -0.2) is 29.9 Å². The summed E-state index contributed by atoms with van der Waals surface area (Å²) in [5.74, 6) is 1.07. The highest BCUT2D eigenvalue weighted by molar-refractivity contribution is 7.98. The van der Waals surface area contributed by atoms with Crippen LogP contribution in [0.4, 0.5) is 4.39 Å². The second kappa shape index (κ2) is 7.45. The molecule has 0 radical (unpaired) electrons. The first kappa shape index (κ1) is 17.6. The Kier molecular flexibility index (Phi) is 4.87. The average molecular weight is 403 g/mol. The van der Waals surface area contributed by atoms with Crippen molar-refractivity contribution in [2.45, 2.75) is 10.9 Å². The van der Waals surface area contributed by atoms with Gasteiger partial charge in [-0.25, -0.2) is 4.39 Å². The molecule has 0 spiro atoms. The van der Waals surface area contributed by atoms with E-state index in [0.29, 0.717) is 27.6 Å². The van der Waals surface area contributed by atoms with Crippen LogP contribution in [0.5, 0.6) is 0 Å². The monoisotopic (exact) mass is 402 g/mol. The summed E-state index contributed by atoms with van der Waals surface area (Å²) in [6, 6.07) is 9.76. The van der Waals surface area contributed by atoms with Gasteiger partial charge in [0, 0.05) is 18.3 Å². The van der Waals surface area contributed by atoms with Crippen LogP contribution in [0.1, 0.15) is 5.82 Å². The van der Waals surface area contributed by atoms with Crippen LogP contribution >= 0.6 is 23.4 Å². The Bertz CT molecular complexity index is 1080. The molecule has 0 N–H and O–H groups in total. The minimum Gasteiger partial charge on any atom is -0.334 e. The Hall–Kier alpha value is -2.78. The summed E-state index contributed by atoms with van der Waals surface area (Å²) in [6.07, 6.45) is 1.70. The highest BCUT2D eigenvalue weighted by Gasteiger charge is 2.16. The molecule has 4 rings (SSSR count). The molecule has 0 aliphatic carbocycles. The smallest absolute Gasteiger partial charge is 0.260 e. The first-order valence-electron chi connectivity index (χ1n) is 7.83. The van der Waals surface area contributed by atoms with Gasteiger partial charge in [-0.15, -0.1) is 10.2 Å². The summed E-state index contributed by atoms with van der Waals surface area (Å²) in [5.41, 5.74) is 0.903. The van der Waals surface area contributed by atoms with Crippen LogP contribution in [0.25, 0.3) is 23.0 Å². The SMILES string of the molecule is Cn1c(SCc2noc(-c3cc(Cl)ccc3F)n2)nnc1-c1ccccn1. The minimum absolute atomic E-state index is 0.0812. The number of hydrogen-bond donors (Lipinski definition) is 0. The first-order chi connectivity index (χ1) is 13.1. The van der Waals surface area contributed by atoms with Gasteiger partial charge in [-0.2, -0.15) is 4.98 Å². The van der Waals surface area contributed by atoms with Gasteiger partial charge in [0.15, 0.2) is 16.8 Å². The van der Waals surface area contributed by atoms with Crippen LogP contribution in [0.15, 0.2) is 52.3 Å². The van der Waals surface area contributed by atoms with Gasteiger partial charge in [0.1, 0.15) is 11.5 Å². The van der Waals surface area contributed by atoms with Crippen molar-refractivity contribution in [1.82, 2.24) is 29.9 Å². The third kappa shape index (κ3) is 3.69. The summed E-state index contributed by atoms with van der Waals surface area (Å²) in [6.45, 7) is 0. The van der Waals surface area contributed by atoms with E-state index in [-0.39, 0.29) is 11.5 Å². The molecule has 27 heavy (non-hydrogen) atoms. The number of nitrogens with zero attached hydrogens (tertiary/aromatic N) is 6. The maximum absolute atomic E-state index is 13.9. The molecular formula is C17H12ClFN6OS. The lowest BCUT2D eigenvalue weighted by atomic mass is 10.2. The standard InChI is InChI=1S/C17H12ClFN6OS/c1-25-15(13-4-2-3-7-20-13)22-23-17(25)27-9-14-21-16(26-24-14)11-8-10(18)5-6-12(11)19/h2-8H,9H2,1H3. The summed E-state index contributed by atoms with van der Waals surface area (Å²) in [7, 11) is 1.86. The van der Waals surface area contributed by atoms with Crippen LogP contribution in [-0.2, 0) is 12.8 Å². The Balaban J connectivity index is 1.50. The molecule has 136 valence electrons. The van der Waals surface area contributed by atoms with Crippen LogP contribution < -0.4 is 0 Å². The van der Waals surface area contributed by atoms with Crippen molar-refractivity contribution in [2.75, 3.05) is 0 Å². The highest BCUT2D eigenvalue weighted by Crippen LogP contribution is 2.27. The van der Waals surface area contributed by atoms with Crippen molar-refractivity contribution in [2.24, 2.45) is 7.05 Å². The van der Waals surface area contributed by atoms with Crippen LogP contribution in [0.2, 0.25) is 5.02 Å². The predicted octanol–water partition coefficient (Wildman–Crippen LogP) is 4.01. The molecule has 0 aliphatic heterocycles. The van der Waals surface area contributed by atoms with Gasteiger partial charge in [-0.05, 0) is 30.3 Å². The molecule has 7 nitrogen and oxygen atoms in total. The van der Waals surface area contributed by atoms with Gasteiger partial charge in [0.05, 0.1) is 11.3 Å². The van der Waals surface area contributed by atoms with E-state index in [4.69, 9.17) is 16.1 Å². The minimum atomic E-state index is -0.476. The van der Waals surface area contributed by atoms with E-state index in [0.717, 1.165) is 5.69 Å². The normalized spacial score (nSPS) is 11.1. The Morgan fingerprint density at radius 3 is 2.93 bits per heavy atom. The maximum Gasteiger partial charge on any atom is 0.260 e. The van der Waals surface area contributed by atoms with Gasteiger partial charge in [-0.3, -0.25) is 4.98 Å². The van der Waals surface area contributed by atoms with E-state index in [2.05, 4.69) is 25.3 Å². The quantitative estimate of drug-likeness (QED) is 0.466. The fourth-order valence-corrected chi connectivity index (χ4v) is 3.30. The van der Waals surface area contributed by atoms with Crippen LogP contribution in [0.3, 0.4) is 0 Å². The van der Waals surface area contributed by atoms with Gasteiger partial charge < -0.3 is 9.09 Å². The number of halogens is 2. The second-order valence-corrected chi connectivity index (χ2v) is 6.89. The molecule has 0 atom stereocenters. The zero-order valence-corrected chi connectivity index (χ0v) is 15.6. The second-order valence-electron chi connectivity index (χ2n) is 5.51. The van der Waals surface area contributed by atoms with Gasteiger partial charge in [0.2, 0.25) is 0 Å². The molecule has 0 amide bonds. The Morgan fingerprint density at radius 2 is 2.11 bits per heavy atom. The van der Waals surface area contributed by atoms with Crippen molar-refractivity contribution < 1.29 is 8.91 Å². The van der Waals surface area contributed by atoms with Gasteiger partial charge in [-0.1, -0.05) is 34.6 Å². The predicted molar refractivity (Wildman–Crippen MR) is 98.5 cm³/mol. The number of hydrogen-bond acceptors (Lipinski definition) is 7. The lowest BCUT2D eigenvalue weighted by Gasteiger charge is -2.01. The number of aromatic nitrogens is 6. The Labute approximate surface area is 162 Å². The van der Waals surface area contributed by atoms with Crippen molar-refractivity contribution in [3.05, 3.63) is 59.3 Å². The summed E-state index contributed by atoms with van der Waals surface area (Å²) < 4.78 is 20.9. The van der Waals surface area contributed by atoms with Gasteiger partial charge in [0.25, 0.3) is 5.89 Å². The molecule has 3 heterocycles. The van der Waals surface area contributed by atoms with Crippen molar-refractivity contribution in [1.29, 1.82) is 0 Å². The molecule has 0 unspecified atom stereocenters. The molecule has 0 saturated heterocycles. The number of pyridine rings is 1. The number of thioether (sulfide) groups is 1. The van der Waals surface area contributed by atoms with E-state index >= 15 is 0 Å². The average Bonchev–Trinajstić information content (AvgIpc) is 3.29. The van der Waals surface area contributed by atoms with E-state index in [1.54, 1.807) is 6.20 Å². The van der Waals surface area contributed by atoms with E-state index in [1.807, 2.05) is 29.8 Å². The number of rotatable bonds is 5. The highest BCUT2D eigenvalue weighted by atomic mass is 35.5. The molecule has 3 aromatic heterocycles. The topological polar surface area (TPSA) is 82.5 Å². The molecule has 4 aromatic rings. The van der Waals surface area contributed by atoms with Crippen LogP contribution in [0, 0.1) is 5.82 Å². The zero-order chi connectivity index (χ0) is 18.8. The summed E-state index contributed by atoms with van der Waals surface area (Å²) >= 11 is 7.29. The molecule has 0 bridgehead atoms. The third-order valence-electron chi connectivity index (χ3n) is 3.69. The maximum atomic E-state index is 13.9.